The fraction of sp³-hybridized carbons (Fsp3) is 0.588. The second-order valence-corrected chi connectivity index (χ2v) is 6.46. The number of hydrogen-bond donors (Lipinski definition) is 1. The van der Waals surface area contributed by atoms with Gasteiger partial charge in [0.25, 0.3) is 0 Å². The molecule has 1 N–H and O–H groups in total. The molecule has 1 aromatic rings. The molecule has 0 aromatic heterocycles. The number of rotatable bonds is 4. The van der Waals surface area contributed by atoms with Gasteiger partial charge in [0.1, 0.15) is 5.75 Å². The van der Waals surface area contributed by atoms with E-state index < -0.39 is 6.36 Å². The van der Waals surface area contributed by atoms with E-state index in [9.17, 15) is 18.0 Å². The molecule has 1 saturated heterocycles. The topological polar surface area (TPSA) is 41.6 Å². The number of hydrogen-bond acceptors (Lipinski definition) is 3. The van der Waals surface area contributed by atoms with Gasteiger partial charge in [-0.1, -0.05) is 18.2 Å². The molecule has 7 heteroatoms. The molecule has 1 aliphatic carbocycles. The van der Waals surface area contributed by atoms with Gasteiger partial charge in [-0.15, -0.1) is 13.2 Å². The smallest absolute Gasteiger partial charge is 0.405 e. The molecule has 0 spiro atoms. The monoisotopic (exact) mass is 342 g/mol. The predicted octanol–water partition coefficient (Wildman–Crippen LogP) is 2.90. The van der Waals surface area contributed by atoms with Crippen LogP contribution in [0.3, 0.4) is 0 Å². The van der Waals surface area contributed by atoms with Crippen LogP contribution in [0.1, 0.15) is 30.7 Å². The van der Waals surface area contributed by atoms with Gasteiger partial charge in [-0.3, -0.25) is 4.79 Å². The minimum atomic E-state index is -4.73. The van der Waals surface area contributed by atoms with Crippen molar-refractivity contribution in [3.63, 3.8) is 0 Å². The van der Waals surface area contributed by atoms with Crippen molar-refractivity contribution < 1.29 is 22.7 Å². The maximum absolute atomic E-state index is 12.6. The minimum Gasteiger partial charge on any atom is -0.405 e. The van der Waals surface area contributed by atoms with Crippen LogP contribution in [-0.2, 0) is 4.79 Å². The zero-order valence-electron chi connectivity index (χ0n) is 13.5. The number of para-hydroxylation sites is 1. The average Bonchev–Trinajstić information content (AvgIpc) is 3.34. The molecule has 2 atom stereocenters. The Kier molecular flexibility index (Phi) is 4.71. The van der Waals surface area contributed by atoms with Gasteiger partial charge in [-0.05, 0) is 49.9 Å². The Bertz CT molecular complexity index is 600. The summed E-state index contributed by atoms with van der Waals surface area (Å²) in [7, 11) is 1.80. The molecule has 2 fully saturated rings. The van der Waals surface area contributed by atoms with Crippen molar-refractivity contribution in [2.24, 2.45) is 5.92 Å². The van der Waals surface area contributed by atoms with Gasteiger partial charge < -0.3 is 15.0 Å². The van der Waals surface area contributed by atoms with Crippen LogP contribution in [0.25, 0.3) is 0 Å². The van der Waals surface area contributed by atoms with E-state index in [1.807, 2.05) is 0 Å². The van der Waals surface area contributed by atoms with E-state index in [1.54, 1.807) is 24.1 Å². The van der Waals surface area contributed by atoms with Crippen LogP contribution in [0.15, 0.2) is 24.3 Å². The molecule has 2 aliphatic rings. The number of nitrogens with one attached hydrogen (secondary N) is 1. The van der Waals surface area contributed by atoms with Crippen LogP contribution in [0.5, 0.6) is 5.75 Å². The van der Waals surface area contributed by atoms with E-state index in [0.29, 0.717) is 12.0 Å². The lowest BCUT2D eigenvalue weighted by Gasteiger charge is -2.32. The summed E-state index contributed by atoms with van der Waals surface area (Å²) in [5.74, 6) is -0.619. The summed E-state index contributed by atoms with van der Waals surface area (Å²) < 4.78 is 41.7. The van der Waals surface area contributed by atoms with Gasteiger partial charge in [0.2, 0.25) is 5.91 Å². The first-order valence-corrected chi connectivity index (χ1v) is 8.19. The highest BCUT2D eigenvalue weighted by atomic mass is 19.4. The normalized spacial score (nSPS) is 24.5. The van der Waals surface area contributed by atoms with Gasteiger partial charge >= 0.3 is 6.36 Å². The zero-order chi connectivity index (χ0) is 17.3. The van der Waals surface area contributed by atoms with E-state index in [1.165, 1.54) is 12.1 Å². The molecule has 0 bridgehead atoms. The second kappa shape index (κ2) is 6.63. The molecule has 132 valence electrons. The summed E-state index contributed by atoms with van der Waals surface area (Å²) in [6.45, 7) is 1.78. The highest BCUT2D eigenvalue weighted by molar-refractivity contribution is 5.83. The van der Waals surface area contributed by atoms with E-state index in [2.05, 4.69) is 10.1 Å². The van der Waals surface area contributed by atoms with E-state index in [0.717, 1.165) is 25.9 Å². The highest BCUT2D eigenvalue weighted by Gasteiger charge is 2.48. The third-order valence-corrected chi connectivity index (χ3v) is 4.86. The van der Waals surface area contributed by atoms with Crippen LogP contribution < -0.4 is 10.1 Å². The lowest BCUT2D eigenvalue weighted by molar-refractivity contribution is -0.274. The molecule has 0 unspecified atom stereocenters. The van der Waals surface area contributed by atoms with Gasteiger partial charge in [-0.2, -0.15) is 0 Å². The quantitative estimate of drug-likeness (QED) is 0.915. The minimum absolute atomic E-state index is 0.0220. The van der Waals surface area contributed by atoms with Crippen LogP contribution in [-0.4, -0.2) is 43.3 Å². The third kappa shape index (κ3) is 3.83. The number of ether oxygens (including phenoxy) is 1. The van der Waals surface area contributed by atoms with Crippen LogP contribution >= 0.6 is 0 Å². The van der Waals surface area contributed by atoms with E-state index >= 15 is 0 Å². The highest BCUT2D eigenvalue weighted by Crippen LogP contribution is 2.51. The Morgan fingerprint density at radius 3 is 2.58 bits per heavy atom. The lowest BCUT2D eigenvalue weighted by atomic mass is 10.0. The van der Waals surface area contributed by atoms with Crippen molar-refractivity contribution in [3.8, 4) is 5.75 Å². The average molecular weight is 342 g/mol. The molecule has 1 heterocycles. The van der Waals surface area contributed by atoms with E-state index in [4.69, 9.17) is 0 Å². The summed E-state index contributed by atoms with van der Waals surface area (Å²) in [4.78, 5) is 14.4. The third-order valence-electron chi connectivity index (χ3n) is 4.86. The fourth-order valence-electron chi connectivity index (χ4n) is 3.45. The maximum Gasteiger partial charge on any atom is 0.573 e. The van der Waals surface area contributed by atoms with E-state index in [-0.39, 0.29) is 29.5 Å². The summed E-state index contributed by atoms with van der Waals surface area (Å²) in [5, 5.41) is 3.26. The molecule has 0 radical (unpaired) electrons. The number of alkyl halides is 3. The van der Waals surface area contributed by atoms with Crippen molar-refractivity contribution >= 4 is 5.91 Å². The number of carbonyl (C=O) groups is 1. The SMILES string of the molecule is CN(C(=O)[C@H]1C[C@H]1c1ccccc1OC(F)(F)F)C1CCNCC1. The molecule has 1 amide bonds. The Morgan fingerprint density at radius 1 is 1.25 bits per heavy atom. The van der Waals surface area contributed by atoms with Crippen molar-refractivity contribution in [2.45, 2.75) is 37.6 Å². The first-order chi connectivity index (χ1) is 11.4. The van der Waals surface area contributed by atoms with Gasteiger partial charge in [0.05, 0.1) is 0 Å². The van der Waals surface area contributed by atoms with Crippen molar-refractivity contribution in [3.05, 3.63) is 29.8 Å². The van der Waals surface area contributed by atoms with Gasteiger partial charge in [0.15, 0.2) is 0 Å². The van der Waals surface area contributed by atoms with Crippen LogP contribution in [0.2, 0.25) is 0 Å². The van der Waals surface area contributed by atoms with Crippen molar-refractivity contribution in [2.75, 3.05) is 20.1 Å². The standard InChI is InChI=1S/C17H21F3N2O2/c1-22(11-6-8-21-9-7-11)16(23)14-10-13(14)12-4-2-3-5-15(12)24-17(18,19)20/h2-5,11,13-14,21H,6-10H2,1H3/t13-,14-/m0/s1. The molecule has 1 aliphatic heterocycles. The van der Waals surface area contributed by atoms with Crippen molar-refractivity contribution in [1.29, 1.82) is 0 Å². The largest absolute Gasteiger partial charge is 0.573 e. The Morgan fingerprint density at radius 2 is 1.92 bits per heavy atom. The molecule has 3 rings (SSSR count). The second-order valence-electron chi connectivity index (χ2n) is 6.46. The molecule has 4 nitrogen and oxygen atoms in total. The molecule has 1 aromatic carbocycles. The summed E-state index contributed by atoms with van der Waals surface area (Å²) in [5.41, 5.74) is 0.465. The first-order valence-electron chi connectivity index (χ1n) is 8.19. The maximum atomic E-state index is 12.6. The number of carbonyl (C=O) groups excluding carboxylic acids is 1. The van der Waals surface area contributed by atoms with Gasteiger partial charge in [-0.25, -0.2) is 0 Å². The van der Waals surface area contributed by atoms with Crippen molar-refractivity contribution in [1.82, 2.24) is 10.2 Å². The number of benzene rings is 1. The molecular weight excluding hydrogens is 321 g/mol. The summed E-state index contributed by atoms with van der Waals surface area (Å²) in [6.07, 6.45) is -2.33. The number of piperidine rings is 1. The Labute approximate surface area is 139 Å². The number of nitrogens with zero attached hydrogens (tertiary/aromatic N) is 1. The fourth-order valence-corrected chi connectivity index (χ4v) is 3.45. The van der Waals surface area contributed by atoms with Crippen LogP contribution in [0.4, 0.5) is 13.2 Å². The Balaban J connectivity index is 1.67. The first kappa shape index (κ1) is 17.1. The molecule has 24 heavy (non-hydrogen) atoms. The number of halogens is 3. The zero-order valence-corrected chi connectivity index (χ0v) is 13.5. The molecule has 1 saturated carbocycles. The number of amides is 1. The molecular formula is C17H21F3N2O2. The summed E-state index contributed by atoms with van der Waals surface area (Å²) in [6, 6.07) is 6.31. The predicted molar refractivity (Wildman–Crippen MR) is 82.6 cm³/mol. The lowest BCUT2D eigenvalue weighted by Crippen LogP contribution is -2.44. The Hall–Kier alpha value is -1.76. The summed E-state index contributed by atoms with van der Waals surface area (Å²) >= 11 is 0. The van der Waals surface area contributed by atoms with Gasteiger partial charge in [0, 0.05) is 19.0 Å². The van der Waals surface area contributed by atoms with Crippen LogP contribution in [0, 0.1) is 5.92 Å².